The van der Waals surface area contributed by atoms with Crippen molar-refractivity contribution in [1.82, 2.24) is 5.32 Å². The lowest BCUT2D eigenvalue weighted by Crippen LogP contribution is -2.49. The average molecular weight is 395 g/mol. The van der Waals surface area contributed by atoms with Gasteiger partial charge in [-0.05, 0) is 23.6 Å². The van der Waals surface area contributed by atoms with E-state index < -0.39 is 18.9 Å². The maximum atomic E-state index is 13.1. The Morgan fingerprint density at radius 2 is 1.04 bits per heavy atom. The van der Waals surface area contributed by atoms with E-state index in [1.54, 1.807) is 0 Å². The molecule has 1 N–H and O–H groups in total. The molecule has 0 radical (unpaired) electrons. The molecule has 0 amide bonds. The standard InChI is InChI=1S/C23H26NO3P/c1-19(28(25,26-2)27-3)24-23(20-13-7-4-8-14-20,21-15-9-5-10-16-21)22-17-11-6-12-18-22/h4-19,24H,1-3H3. The van der Waals surface area contributed by atoms with Gasteiger partial charge >= 0.3 is 7.60 Å². The first-order valence-corrected chi connectivity index (χ1v) is 10.8. The third-order valence-corrected chi connectivity index (χ3v) is 7.12. The molecule has 0 saturated heterocycles. The van der Waals surface area contributed by atoms with Gasteiger partial charge in [0.05, 0.1) is 5.54 Å². The van der Waals surface area contributed by atoms with E-state index >= 15 is 0 Å². The minimum atomic E-state index is -3.34. The van der Waals surface area contributed by atoms with Gasteiger partial charge in [-0.2, -0.15) is 0 Å². The summed E-state index contributed by atoms with van der Waals surface area (Å²) in [7, 11) is -0.512. The van der Waals surface area contributed by atoms with Crippen molar-refractivity contribution in [3.8, 4) is 0 Å². The number of nitrogens with one attached hydrogen (secondary N) is 1. The molecule has 5 heteroatoms. The predicted octanol–water partition coefficient (Wildman–Crippen LogP) is 5.40. The summed E-state index contributed by atoms with van der Waals surface area (Å²) in [5.41, 5.74) is 2.39. The number of hydrogen-bond acceptors (Lipinski definition) is 4. The highest BCUT2D eigenvalue weighted by atomic mass is 31.2. The minimum absolute atomic E-state index is 0.553. The highest BCUT2D eigenvalue weighted by Gasteiger charge is 2.42. The topological polar surface area (TPSA) is 47.6 Å². The molecule has 0 aliphatic carbocycles. The zero-order valence-corrected chi connectivity index (χ0v) is 17.3. The first-order chi connectivity index (χ1) is 13.6. The molecule has 0 fully saturated rings. The van der Waals surface area contributed by atoms with E-state index in [1.165, 1.54) is 14.2 Å². The van der Waals surface area contributed by atoms with Gasteiger partial charge in [-0.1, -0.05) is 91.0 Å². The van der Waals surface area contributed by atoms with Crippen molar-refractivity contribution in [3.05, 3.63) is 108 Å². The first kappa shape index (κ1) is 20.5. The van der Waals surface area contributed by atoms with Gasteiger partial charge in [0.25, 0.3) is 0 Å². The molecule has 0 saturated carbocycles. The summed E-state index contributed by atoms with van der Waals surface area (Å²) < 4.78 is 23.7. The Hall–Kier alpha value is -2.23. The lowest BCUT2D eigenvalue weighted by molar-refractivity contribution is 0.254. The van der Waals surface area contributed by atoms with Crippen LogP contribution in [0.4, 0.5) is 0 Å². The SMILES string of the molecule is COP(=O)(OC)C(C)NC(c1ccccc1)(c1ccccc1)c1ccccc1. The molecule has 28 heavy (non-hydrogen) atoms. The summed E-state index contributed by atoms with van der Waals surface area (Å²) in [5.74, 6) is -0.553. The molecule has 3 aromatic carbocycles. The van der Waals surface area contributed by atoms with Crippen LogP contribution < -0.4 is 5.32 Å². The molecule has 0 spiro atoms. The minimum Gasteiger partial charge on any atom is -0.311 e. The second-order valence-electron chi connectivity index (χ2n) is 6.57. The van der Waals surface area contributed by atoms with Gasteiger partial charge < -0.3 is 9.05 Å². The van der Waals surface area contributed by atoms with Crippen LogP contribution in [0, 0.1) is 0 Å². The fourth-order valence-corrected chi connectivity index (χ4v) is 4.73. The molecule has 0 bridgehead atoms. The summed E-state index contributed by atoms with van der Waals surface area (Å²) in [6.07, 6.45) is 0. The summed E-state index contributed by atoms with van der Waals surface area (Å²) in [6, 6.07) is 30.5. The van der Waals surface area contributed by atoms with Crippen molar-refractivity contribution in [2.75, 3.05) is 14.2 Å². The molecule has 0 aliphatic heterocycles. The number of benzene rings is 3. The second-order valence-corrected chi connectivity index (χ2v) is 9.16. The zero-order valence-electron chi connectivity index (χ0n) is 16.4. The van der Waals surface area contributed by atoms with Gasteiger partial charge in [0.1, 0.15) is 5.78 Å². The van der Waals surface area contributed by atoms with E-state index in [9.17, 15) is 4.57 Å². The van der Waals surface area contributed by atoms with Crippen molar-refractivity contribution < 1.29 is 13.6 Å². The quantitative estimate of drug-likeness (QED) is 0.410. The monoisotopic (exact) mass is 395 g/mol. The Morgan fingerprint density at radius 1 is 0.714 bits per heavy atom. The van der Waals surface area contributed by atoms with Gasteiger partial charge in [-0.25, -0.2) is 0 Å². The Kier molecular flexibility index (Phi) is 6.48. The van der Waals surface area contributed by atoms with Crippen LogP contribution in [0.3, 0.4) is 0 Å². The second kappa shape index (κ2) is 8.85. The van der Waals surface area contributed by atoms with Crippen LogP contribution >= 0.6 is 7.60 Å². The zero-order chi connectivity index (χ0) is 20.0. The van der Waals surface area contributed by atoms with Gasteiger partial charge in [0, 0.05) is 14.2 Å². The lowest BCUT2D eigenvalue weighted by Gasteiger charge is -2.40. The molecule has 0 aliphatic rings. The molecule has 146 valence electrons. The van der Waals surface area contributed by atoms with Gasteiger partial charge in [-0.15, -0.1) is 0 Å². The Balaban J connectivity index is 2.27. The van der Waals surface area contributed by atoms with Crippen LogP contribution in [0.2, 0.25) is 0 Å². The smallest absolute Gasteiger partial charge is 0.311 e. The Morgan fingerprint density at radius 3 is 1.32 bits per heavy atom. The first-order valence-electron chi connectivity index (χ1n) is 9.22. The third-order valence-electron chi connectivity index (χ3n) is 5.03. The molecule has 1 unspecified atom stereocenters. The van der Waals surface area contributed by atoms with Crippen LogP contribution in [0.25, 0.3) is 0 Å². The van der Waals surface area contributed by atoms with Crippen molar-refractivity contribution in [1.29, 1.82) is 0 Å². The van der Waals surface area contributed by atoms with E-state index in [-0.39, 0.29) is 0 Å². The van der Waals surface area contributed by atoms with Crippen LogP contribution in [-0.4, -0.2) is 20.0 Å². The van der Waals surface area contributed by atoms with E-state index in [0.29, 0.717) is 0 Å². The highest BCUT2D eigenvalue weighted by molar-refractivity contribution is 7.54. The number of rotatable bonds is 8. The van der Waals surface area contributed by atoms with Gasteiger partial charge in [0.2, 0.25) is 0 Å². The van der Waals surface area contributed by atoms with E-state index in [2.05, 4.69) is 41.7 Å². The normalized spacial score (nSPS) is 13.2. The summed E-state index contributed by atoms with van der Waals surface area (Å²) in [6.45, 7) is 1.83. The molecular weight excluding hydrogens is 369 g/mol. The third kappa shape index (κ3) is 3.82. The van der Waals surface area contributed by atoms with Crippen molar-refractivity contribution in [2.24, 2.45) is 0 Å². The fraction of sp³-hybridized carbons (Fsp3) is 0.217. The van der Waals surface area contributed by atoms with Gasteiger partial charge in [-0.3, -0.25) is 9.88 Å². The summed E-state index contributed by atoms with van der Waals surface area (Å²) in [4.78, 5) is 0. The summed E-state index contributed by atoms with van der Waals surface area (Å²) in [5, 5.41) is 3.61. The van der Waals surface area contributed by atoms with Gasteiger partial charge in [0.15, 0.2) is 0 Å². The molecule has 3 aromatic rings. The number of hydrogen-bond donors (Lipinski definition) is 1. The van der Waals surface area contributed by atoms with Crippen LogP contribution in [0.15, 0.2) is 91.0 Å². The Labute approximate surface area is 167 Å². The molecule has 4 nitrogen and oxygen atoms in total. The maximum absolute atomic E-state index is 13.1. The summed E-state index contributed by atoms with van der Waals surface area (Å²) >= 11 is 0. The molecule has 3 rings (SSSR count). The van der Waals surface area contributed by atoms with Crippen LogP contribution in [0.1, 0.15) is 23.6 Å². The molecule has 0 aromatic heterocycles. The van der Waals surface area contributed by atoms with Crippen molar-refractivity contribution in [2.45, 2.75) is 18.2 Å². The fourth-order valence-electron chi connectivity index (χ4n) is 3.60. The van der Waals surface area contributed by atoms with Crippen molar-refractivity contribution in [3.63, 3.8) is 0 Å². The van der Waals surface area contributed by atoms with E-state index in [0.717, 1.165) is 16.7 Å². The average Bonchev–Trinajstić information content (AvgIpc) is 2.78. The predicted molar refractivity (Wildman–Crippen MR) is 113 cm³/mol. The maximum Gasteiger partial charge on any atom is 0.346 e. The van der Waals surface area contributed by atoms with Crippen molar-refractivity contribution >= 4 is 7.60 Å². The van der Waals surface area contributed by atoms with E-state index in [1.807, 2.05) is 61.5 Å². The molecular formula is C23H26NO3P. The molecule has 0 heterocycles. The highest BCUT2D eigenvalue weighted by Crippen LogP contribution is 2.52. The lowest BCUT2D eigenvalue weighted by atomic mass is 9.77. The molecule has 1 atom stereocenters. The largest absolute Gasteiger partial charge is 0.346 e. The van der Waals surface area contributed by atoms with Crippen LogP contribution in [-0.2, 0) is 19.2 Å². The van der Waals surface area contributed by atoms with E-state index in [4.69, 9.17) is 9.05 Å². The van der Waals surface area contributed by atoms with Crippen LogP contribution in [0.5, 0.6) is 0 Å². The Bertz CT molecular complexity index is 812.